The van der Waals surface area contributed by atoms with E-state index in [1.54, 1.807) is 24.3 Å². The fourth-order valence-electron chi connectivity index (χ4n) is 3.27. The molecule has 23 heavy (non-hydrogen) atoms. The minimum Gasteiger partial charge on any atom is -0.329 e. The molecule has 1 aliphatic carbocycles. The van der Waals surface area contributed by atoms with Crippen molar-refractivity contribution in [3.05, 3.63) is 65.2 Å². The molecule has 0 radical (unpaired) electrons. The van der Waals surface area contributed by atoms with E-state index in [0.29, 0.717) is 4.90 Å². The molecule has 0 spiro atoms. The first-order valence-corrected chi connectivity index (χ1v) is 9.21. The summed E-state index contributed by atoms with van der Waals surface area (Å²) in [6.07, 6.45) is 0. The fraction of sp³-hybridized carbons (Fsp3) is 0.333. The Morgan fingerprint density at radius 1 is 0.957 bits per heavy atom. The molecule has 0 amide bonds. The summed E-state index contributed by atoms with van der Waals surface area (Å²) in [5.41, 5.74) is 14.4. The van der Waals surface area contributed by atoms with Crippen LogP contribution in [0.4, 0.5) is 0 Å². The second kappa shape index (κ2) is 5.44. The molecule has 2 aromatic rings. The van der Waals surface area contributed by atoms with Crippen molar-refractivity contribution in [3.63, 3.8) is 0 Å². The Labute approximate surface area is 137 Å². The summed E-state index contributed by atoms with van der Waals surface area (Å²) in [5.74, 6) is -0.264. The van der Waals surface area contributed by atoms with Gasteiger partial charge in [0.1, 0.15) is 0 Å². The maximum atomic E-state index is 13.0. The molecule has 0 aliphatic heterocycles. The van der Waals surface area contributed by atoms with Gasteiger partial charge in [-0.15, -0.1) is 0 Å². The average Bonchev–Trinajstić information content (AvgIpc) is 3.16. The Morgan fingerprint density at radius 2 is 1.43 bits per heavy atom. The van der Waals surface area contributed by atoms with Crippen LogP contribution in [-0.2, 0) is 9.84 Å². The Morgan fingerprint density at radius 3 is 1.91 bits per heavy atom. The summed E-state index contributed by atoms with van der Waals surface area (Å²) in [6, 6.07) is 14.7. The smallest absolute Gasteiger partial charge is 0.183 e. The predicted octanol–water partition coefficient (Wildman–Crippen LogP) is 1.90. The van der Waals surface area contributed by atoms with Gasteiger partial charge in [-0.05, 0) is 31.5 Å². The van der Waals surface area contributed by atoms with Crippen molar-refractivity contribution < 1.29 is 8.42 Å². The molecule has 1 aliphatic rings. The van der Waals surface area contributed by atoms with Gasteiger partial charge >= 0.3 is 0 Å². The van der Waals surface area contributed by atoms with Crippen molar-refractivity contribution in [2.24, 2.45) is 11.5 Å². The first kappa shape index (κ1) is 16.2. The number of benzene rings is 2. The Kier molecular flexibility index (Phi) is 3.83. The van der Waals surface area contributed by atoms with Gasteiger partial charge < -0.3 is 11.5 Å². The number of aryl methyl sites for hydroxylation is 2. The van der Waals surface area contributed by atoms with Crippen molar-refractivity contribution >= 4 is 9.84 Å². The maximum Gasteiger partial charge on any atom is 0.183 e. The largest absolute Gasteiger partial charge is 0.329 e. The minimum absolute atomic E-state index is 0.140. The van der Waals surface area contributed by atoms with E-state index in [1.807, 2.05) is 38.1 Å². The van der Waals surface area contributed by atoms with E-state index < -0.39 is 20.6 Å². The van der Waals surface area contributed by atoms with Gasteiger partial charge in [-0.1, -0.05) is 47.5 Å². The number of hydrogen-bond acceptors (Lipinski definition) is 4. The minimum atomic E-state index is -3.51. The van der Waals surface area contributed by atoms with Crippen molar-refractivity contribution in [1.82, 2.24) is 0 Å². The van der Waals surface area contributed by atoms with Crippen LogP contribution in [0.15, 0.2) is 53.4 Å². The lowest BCUT2D eigenvalue weighted by Crippen LogP contribution is -2.39. The van der Waals surface area contributed by atoms with E-state index in [1.165, 1.54) is 0 Å². The normalized spacial score (nSPS) is 27.0. The zero-order chi connectivity index (χ0) is 16.8. The summed E-state index contributed by atoms with van der Waals surface area (Å²) in [4.78, 5) is 0.311. The lowest BCUT2D eigenvalue weighted by atomic mass is 10.1. The van der Waals surface area contributed by atoms with Crippen LogP contribution in [-0.4, -0.2) is 25.8 Å². The lowest BCUT2D eigenvalue weighted by molar-refractivity contribution is 0.586. The standard InChI is InChI=1S/C18H22N2O2S/c1-12-3-7-14(8-4-12)16-17(18(16,20)11-19)23(21,22)15-9-5-13(2)6-10-15/h3-10,16-17H,11,19-20H2,1-2H3/t16-,17+,18+/m0/s1. The highest BCUT2D eigenvalue weighted by atomic mass is 32.2. The predicted molar refractivity (Wildman–Crippen MR) is 92.0 cm³/mol. The van der Waals surface area contributed by atoms with E-state index in [0.717, 1.165) is 16.7 Å². The molecule has 0 unspecified atom stereocenters. The summed E-state index contributed by atoms with van der Waals surface area (Å²) < 4.78 is 26.0. The molecule has 4 nitrogen and oxygen atoms in total. The van der Waals surface area contributed by atoms with Crippen molar-refractivity contribution in [3.8, 4) is 0 Å². The topological polar surface area (TPSA) is 86.2 Å². The van der Waals surface area contributed by atoms with Crippen LogP contribution >= 0.6 is 0 Å². The summed E-state index contributed by atoms with van der Waals surface area (Å²) in [6.45, 7) is 4.06. The Balaban J connectivity index is 2.01. The molecule has 1 saturated carbocycles. The van der Waals surface area contributed by atoms with Crippen LogP contribution < -0.4 is 11.5 Å². The molecule has 4 N–H and O–H groups in total. The van der Waals surface area contributed by atoms with E-state index in [9.17, 15) is 8.42 Å². The van der Waals surface area contributed by atoms with Gasteiger partial charge in [-0.2, -0.15) is 0 Å². The molecule has 1 fully saturated rings. The van der Waals surface area contributed by atoms with E-state index in [-0.39, 0.29) is 12.5 Å². The van der Waals surface area contributed by atoms with E-state index in [4.69, 9.17) is 11.5 Å². The second-order valence-electron chi connectivity index (χ2n) is 6.48. The van der Waals surface area contributed by atoms with Crippen LogP contribution in [0.2, 0.25) is 0 Å². The molecular weight excluding hydrogens is 308 g/mol. The first-order chi connectivity index (χ1) is 10.8. The van der Waals surface area contributed by atoms with Gasteiger partial charge in [0.25, 0.3) is 0 Å². The lowest BCUT2D eigenvalue weighted by Gasteiger charge is -2.09. The van der Waals surface area contributed by atoms with Crippen molar-refractivity contribution in [2.75, 3.05) is 6.54 Å². The van der Waals surface area contributed by atoms with Crippen LogP contribution in [0, 0.1) is 13.8 Å². The fourth-order valence-corrected chi connectivity index (χ4v) is 5.59. The summed E-state index contributed by atoms with van der Waals surface area (Å²) in [5, 5.41) is -0.676. The van der Waals surface area contributed by atoms with Gasteiger partial charge in [-0.3, -0.25) is 0 Å². The van der Waals surface area contributed by atoms with Gasteiger partial charge in [0.05, 0.1) is 15.7 Å². The molecule has 3 atom stereocenters. The SMILES string of the molecule is Cc1ccc([C@H]2[C@@H](S(=O)(=O)c3ccc(C)cc3)[C@@]2(N)CN)cc1. The van der Waals surface area contributed by atoms with Gasteiger partial charge in [-0.25, -0.2) is 8.42 Å². The Hall–Kier alpha value is -1.69. The molecule has 2 aromatic carbocycles. The number of rotatable bonds is 4. The molecule has 5 heteroatoms. The maximum absolute atomic E-state index is 13.0. The Bertz CT molecular complexity index is 813. The molecule has 0 aromatic heterocycles. The molecule has 0 bridgehead atoms. The monoisotopic (exact) mass is 330 g/mol. The third kappa shape index (κ3) is 2.59. The van der Waals surface area contributed by atoms with Crippen molar-refractivity contribution in [1.29, 1.82) is 0 Å². The zero-order valence-corrected chi connectivity index (χ0v) is 14.2. The summed E-state index contributed by atoms with van der Waals surface area (Å²) in [7, 11) is -3.51. The highest BCUT2D eigenvalue weighted by molar-refractivity contribution is 7.92. The van der Waals surface area contributed by atoms with Gasteiger partial charge in [0, 0.05) is 12.5 Å². The number of nitrogens with two attached hydrogens (primary N) is 2. The highest BCUT2D eigenvalue weighted by Crippen LogP contribution is 2.55. The molecule has 0 heterocycles. The average molecular weight is 330 g/mol. The quantitative estimate of drug-likeness (QED) is 0.896. The highest BCUT2D eigenvalue weighted by Gasteiger charge is 2.68. The van der Waals surface area contributed by atoms with Crippen LogP contribution in [0.3, 0.4) is 0 Å². The molecule has 122 valence electrons. The molecule has 0 saturated heterocycles. The molecular formula is C18H22N2O2S. The number of sulfone groups is 1. The summed E-state index contributed by atoms with van der Waals surface area (Å²) >= 11 is 0. The van der Waals surface area contributed by atoms with Crippen molar-refractivity contribution in [2.45, 2.75) is 35.4 Å². The third-order valence-electron chi connectivity index (χ3n) is 4.78. The zero-order valence-electron chi connectivity index (χ0n) is 13.4. The van der Waals surface area contributed by atoms with Crippen LogP contribution in [0.1, 0.15) is 22.6 Å². The van der Waals surface area contributed by atoms with E-state index >= 15 is 0 Å². The number of hydrogen-bond donors (Lipinski definition) is 2. The van der Waals surface area contributed by atoms with Crippen LogP contribution in [0.25, 0.3) is 0 Å². The van der Waals surface area contributed by atoms with E-state index in [2.05, 4.69) is 0 Å². The van der Waals surface area contributed by atoms with Gasteiger partial charge in [0.2, 0.25) is 0 Å². The second-order valence-corrected chi connectivity index (χ2v) is 8.55. The third-order valence-corrected chi connectivity index (χ3v) is 7.09. The first-order valence-electron chi connectivity index (χ1n) is 7.67. The molecule has 3 rings (SSSR count). The van der Waals surface area contributed by atoms with Crippen LogP contribution in [0.5, 0.6) is 0 Å². The van der Waals surface area contributed by atoms with Gasteiger partial charge in [0.15, 0.2) is 9.84 Å².